The number of nitrogens with one attached hydrogen (secondary N) is 1. The number of thiophene rings is 1. The Bertz CT molecular complexity index is 832. The lowest BCUT2D eigenvalue weighted by atomic mass is 10.1. The van der Waals surface area contributed by atoms with E-state index in [2.05, 4.69) is 5.32 Å². The van der Waals surface area contributed by atoms with Crippen LogP contribution in [0.5, 0.6) is 11.5 Å². The Kier molecular flexibility index (Phi) is 4.09. The van der Waals surface area contributed by atoms with Gasteiger partial charge in [0.15, 0.2) is 11.5 Å². The molecule has 2 amide bonds. The van der Waals surface area contributed by atoms with Gasteiger partial charge < -0.3 is 19.7 Å². The van der Waals surface area contributed by atoms with Crippen molar-refractivity contribution in [1.29, 1.82) is 0 Å². The van der Waals surface area contributed by atoms with Gasteiger partial charge >= 0.3 is 0 Å². The minimum absolute atomic E-state index is 0.101. The van der Waals surface area contributed by atoms with Crippen molar-refractivity contribution in [1.82, 2.24) is 10.2 Å². The highest BCUT2D eigenvalue weighted by Gasteiger charge is 2.30. The van der Waals surface area contributed by atoms with E-state index in [-0.39, 0.29) is 11.8 Å². The Morgan fingerprint density at radius 2 is 2.00 bits per heavy atom. The molecule has 1 N–H and O–H groups in total. The lowest BCUT2D eigenvalue weighted by Crippen LogP contribution is -2.55. The number of hydrogen-bond acceptors (Lipinski definition) is 5. The Labute approximate surface area is 149 Å². The second-order valence-electron chi connectivity index (χ2n) is 5.99. The third-order valence-electron chi connectivity index (χ3n) is 4.40. The quantitative estimate of drug-likeness (QED) is 0.893. The fraction of sp³-hybridized carbons (Fsp3) is 0.333. The topological polar surface area (TPSA) is 67.9 Å². The van der Waals surface area contributed by atoms with Crippen LogP contribution in [0.25, 0.3) is 10.4 Å². The molecule has 2 aromatic rings. The minimum atomic E-state index is -0.443. The second kappa shape index (κ2) is 6.40. The van der Waals surface area contributed by atoms with Gasteiger partial charge in [-0.25, -0.2) is 0 Å². The van der Waals surface area contributed by atoms with Gasteiger partial charge in [0.2, 0.25) is 5.91 Å². The van der Waals surface area contributed by atoms with Gasteiger partial charge in [-0.2, -0.15) is 0 Å². The van der Waals surface area contributed by atoms with Gasteiger partial charge in [-0.3, -0.25) is 9.59 Å². The summed E-state index contributed by atoms with van der Waals surface area (Å²) in [6.45, 7) is 3.88. The normalized spacial score (nSPS) is 19.5. The van der Waals surface area contributed by atoms with Crippen molar-refractivity contribution in [2.24, 2.45) is 0 Å². The van der Waals surface area contributed by atoms with Crippen LogP contribution in [-0.2, 0) is 4.79 Å². The zero-order valence-corrected chi connectivity index (χ0v) is 14.6. The van der Waals surface area contributed by atoms with Crippen molar-refractivity contribution in [2.75, 3.05) is 26.3 Å². The van der Waals surface area contributed by atoms with Gasteiger partial charge in [0.25, 0.3) is 5.91 Å². The first kappa shape index (κ1) is 16.0. The van der Waals surface area contributed by atoms with Crippen LogP contribution in [-0.4, -0.2) is 49.1 Å². The molecule has 2 aliphatic rings. The highest BCUT2D eigenvalue weighted by Crippen LogP contribution is 2.37. The molecule has 0 bridgehead atoms. The summed E-state index contributed by atoms with van der Waals surface area (Å²) in [5, 5.41) is 2.77. The molecule has 4 rings (SSSR count). The van der Waals surface area contributed by atoms with Crippen molar-refractivity contribution in [3.63, 3.8) is 0 Å². The molecule has 1 aromatic carbocycles. The zero-order valence-electron chi connectivity index (χ0n) is 13.8. The molecule has 7 heteroatoms. The number of carbonyl (C=O) groups is 2. The van der Waals surface area contributed by atoms with Crippen LogP contribution in [0.15, 0.2) is 30.3 Å². The van der Waals surface area contributed by atoms with E-state index in [0.717, 1.165) is 21.9 Å². The molecule has 0 saturated carbocycles. The number of fused-ring (bicyclic) bond motifs is 1. The molecule has 6 nitrogen and oxygen atoms in total. The number of benzene rings is 1. The number of amides is 2. The number of ether oxygens (including phenoxy) is 2. The first-order valence-corrected chi connectivity index (χ1v) is 9.03. The first-order chi connectivity index (χ1) is 12.1. The van der Waals surface area contributed by atoms with E-state index in [9.17, 15) is 9.59 Å². The van der Waals surface area contributed by atoms with Crippen molar-refractivity contribution in [3.05, 3.63) is 35.2 Å². The predicted octanol–water partition coefficient (Wildman–Crippen LogP) is 2.15. The maximum atomic E-state index is 12.7. The Morgan fingerprint density at radius 1 is 1.20 bits per heavy atom. The van der Waals surface area contributed by atoms with Crippen LogP contribution in [0.1, 0.15) is 16.6 Å². The van der Waals surface area contributed by atoms with E-state index in [1.165, 1.54) is 11.3 Å². The number of rotatable bonds is 2. The number of piperazine rings is 1. The molecule has 0 spiro atoms. The largest absolute Gasteiger partial charge is 0.486 e. The second-order valence-corrected chi connectivity index (χ2v) is 7.07. The monoisotopic (exact) mass is 358 g/mol. The van der Waals surface area contributed by atoms with E-state index in [1.807, 2.05) is 30.3 Å². The molecule has 0 radical (unpaired) electrons. The number of hydrogen-bond donors (Lipinski definition) is 1. The number of carbonyl (C=O) groups excluding carboxylic acids is 2. The molecule has 130 valence electrons. The highest BCUT2D eigenvalue weighted by molar-refractivity contribution is 7.17. The summed E-state index contributed by atoms with van der Waals surface area (Å²) in [4.78, 5) is 27.8. The third kappa shape index (κ3) is 2.95. The lowest BCUT2D eigenvalue weighted by molar-refractivity contribution is -0.127. The summed E-state index contributed by atoms with van der Waals surface area (Å²) < 4.78 is 11.2. The van der Waals surface area contributed by atoms with Gasteiger partial charge in [-0.15, -0.1) is 11.3 Å². The summed E-state index contributed by atoms with van der Waals surface area (Å²) >= 11 is 1.42. The summed E-state index contributed by atoms with van der Waals surface area (Å²) in [6.07, 6.45) is 0. The van der Waals surface area contributed by atoms with Crippen LogP contribution in [0.2, 0.25) is 0 Å². The van der Waals surface area contributed by atoms with E-state index in [1.54, 1.807) is 11.8 Å². The Balaban J connectivity index is 1.58. The molecule has 3 heterocycles. The van der Waals surface area contributed by atoms with Crippen LogP contribution < -0.4 is 14.8 Å². The molecule has 2 aliphatic heterocycles. The van der Waals surface area contributed by atoms with E-state index >= 15 is 0 Å². The molecular weight excluding hydrogens is 340 g/mol. The van der Waals surface area contributed by atoms with Crippen LogP contribution >= 0.6 is 11.3 Å². The van der Waals surface area contributed by atoms with Crippen molar-refractivity contribution in [3.8, 4) is 21.9 Å². The fourth-order valence-electron chi connectivity index (χ4n) is 3.01. The van der Waals surface area contributed by atoms with Crippen LogP contribution in [0, 0.1) is 0 Å². The van der Waals surface area contributed by atoms with Gasteiger partial charge in [0.05, 0.1) is 4.88 Å². The maximum Gasteiger partial charge on any atom is 0.264 e. The SMILES string of the molecule is C[C@H]1C(=O)NCCN1C(=O)c1ccc(-c2ccc3c(c2)OCCO3)s1. The highest BCUT2D eigenvalue weighted by atomic mass is 32.1. The fourth-order valence-corrected chi connectivity index (χ4v) is 3.96. The van der Waals surface area contributed by atoms with E-state index < -0.39 is 6.04 Å². The average molecular weight is 358 g/mol. The number of nitrogens with zero attached hydrogens (tertiary/aromatic N) is 1. The minimum Gasteiger partial charge on any atom is -0.486 e. The van der Waals surface area contributed by atoms with Crippen molar-refractivity contribution < 1.29 is 19.1 Å². The molecule has 1 fully saturated rings. The Hall–Kier alpha value is -2.54. The van der Waals surface area contributed by atoms with Gasteiger partial charge in [-0.05, 0) is 42.8 Å². The summed E-state index contributed by atoms with van der Waals surface area (Å²) in [5.74, 6) is 1.27. The van der Waals surface area contributed by atoms with E-state index in [0.29, 0.717) is 31.2 Å². The average Bonchev–Trinajstić information content (AvgIpc) is 3.13. The summed E-state index contributed by atoms with van der Waals surface area (Å²) in [7, 11) is 0. The molecule has 1 aromatic heterocycles. The van der Waals surface area contributed by atoms with Gasteiger partial charge in [-0.1, -0.05) is 0 Å². The van der Waals surface area contributed by atoms with Crippen molar-refractivity contribution in [2.45, 2.75) is 13.0 Å². The smallest absolute Gasteiger partial charge is 0.264 e. The maximum absolute atomic E-state index is 12.7. The predicted molar refractivity (Wildman–Crippen MR) is 94.3 cm³/mol. The summed E-state index contributed by atoms with van der Waals surface area (Å²) in [5.41, 5.74) is 0.984. The lowest BCUT2D eigenvalue weighted by Gasteiger charge is -2.32. The van der Waals surface area contributed by atoms with E-state index in [4.69, 9.17) is 9.47 Å². The van der Waals surface area contributed by atoms with Gasteiger partial charge in [0.1, 0.15) is 19.3 Å². The van der Waals surface area contributed by atoms with Crippen LogP contribution in [0.3, 0.4) is 0 Å². The third-order valence-corrected chi connectivity index (χ3v) is 5.53. The molecular formula is C18H18N2O4S. The van der Waals surface area contributed by atoms with Gasteiger partial charge in [0, 0.05) is 18.0 Å². The molecule has 0 aliphatic carbocycles. The summed E-state index contributed by atoms with van der Waals surface area (Å²) in [6, 6.07) is 9.09. The van der Waals surface area contributed by atoms with Crippen molar-refractivity contribution >= 4 is 23.2 Å². The standard InChI is InChI=1S/C18H18N2O4S/c1-11-17(21)19-6-7-20(11)18(22)16-5-4-15(25-16)12-2-3-13-14(10-12)24-9-8-23-13/h2-5,10-11H,6-9H2,1H3,(H,19,21)/t11-/m0/s1. The first-order valence-electron chi connectivity index (χ1n) is 8.22. The molecule has 0 unspecified atom stereocenters. The zero-order chi connectivity index (χ0) is 17.4. The van der Waals surface area contributed by atoms with Crippen LogP contribution in [0.4, 0.5) is 0 Å². The molecule has 1 saturated heterocycles. The molecule has 1 atom stereocenters. The molecule has 25 heavy (non-hydrogen) atoms. The Morgan fingerprint density at radius 3 is 2.84 bits per heavy atom.